The molecule has 0 radical (unpaired) electrons. The van der Waals surface area contributed by atoms with E-state index >= 15 is 0 Å². The Morgan fingerprint density at radius 1 is 1.38 bits per heavy atom. The van der Waals surface area contributed by atoms with Crippen LogP contribution in [-0.4, -0.2) is 41.4 Å². The van der Waals surface area contributed by atoms with Gasteiger partial charge in [0, 0.05) is 20.1 Å². The van der Waals surface area contributed by atoms with Crippen LogP contribution in [0, 0.1) is 6.92 Å². The normalized spacial score (nSPS) is 21.6. The second-order valence-electron chi connectivity index (χ2n) is 4.40. The van der Waals surface area contributed by atoms with Crippen molar-refractivity contribution >= 4 is 0 Å². The molecule has 16 heavy (non-hydrogen) atoms. The third-order valence-electron chi connectivity index (χ3n) is 2.76. The number of aryl methyl sites for hydroxylation is 1. The first-order valence-corrected chi connectivity index (χ1v) is 5.83. The molecule has 2 rings (SSSR count). The van der Waals surface area contributed by atoms with E-state index in [0.717, 1.165) is 19.6 Å². The predicted octanol–water partition coefficient (Wildman–Crippen LogP) is 1.38. The first-order chi connectivity index (χ1) is 7.74. The Kier molecular flexibility index (Phi) is 3.90. The summed E-state index contributed by atoms with van der Waals surface area (Å²) in [5.41, 5.74) is 0. The topological polar surface area (TPSA) is 51.4 Å². The molecule has 1 aliphatic rings. The van der Waals surface area contributed by atoms with Gasteiger partial charge in [0.2, 0.25) is 11.8 Å². The molecule has 0 spiro atoms. The Hall–Kier alpha value is -0.940. The summed E-state index contributed by atoms with van der Waals surface area (Å²) in [5, 5.41) is 7.79. The van der Waals surface area contributed by atoms with E-state index in [-0.39, 0.29) is 0 Å². The summed E-state index contributed by atoms with van der Waals surface area (Å²) in [6, 6.07) is 0. The lowest BCUT2D eigenvalue weighted by atomic mass is 10.1. The summed E-state index contributed by atoms with van der Waals surface area (Å²) >= 11 is 0. The first kappa shape index (κ1) is 11.5. The van der Waals surface area contributed by atoms with Crippen molar-refractivity contribution in [3.05, 3.63) is 11.8 Å². The fourth-order valence-electron chi connectivity index (χ4n) is 2.00. The Morgan fingerprint density at radius 3 is 2.88 bits per heavy atom. The molecule has 5 nitrogen and oxygen atoms in total. The maximum Gasteiger partial charge on any atom is 0.230 e. The van der Waals surface area contributed by atoms with Crippen LogP contribution in [0.25, 0.3) is 0 Å². The summed E-state index contributed by atoms with van der Waals surface area (Å²) in [6.45, 7) is 4.33. The van der Waals surface area contributed by atoms with Crippen LogP contribution in [0.5, 0.6) is 0 Å². The van der Waals surface area contributed by atoms with Gasteiger partial charge in [-0.3, -0.25) is 4.90 Å². The van der Waals surface area contributed by atoms with Crippen molar-refractivity contribution < 1.29 is 9.15 Å². The average Bonchev–Trinajstić information content (AvgIpc) is 2.65. The first-order valence-electron chi connectivity index (χ1n) is 5.83. The van der Waals surface area contributed by atoms with Crippen LogP contribution < -0.4 is 0 Å². The van der Waals surface area contributed by atoms with Gasteiger partial charge in [0.25, 0.3) is 0 Å². The minimum atomic E-state index is 0.364. The van der Waals surface area contributed by atoms with E-state index in [1.807, 2.05) is 0 Å². The summed E-state index contributed by atoms with van der Waals surface area (Å²) in [5.74, 6) is 1.30. The molecule has 5 heteroatoms. The third-order valence-corrected chi connectivity index (χ3v) is 2.76. The van der Waals surface area contributed by atoms with Gasteiger partial charge in [-0.05, 0) is 26.3 Å². The molecule has 0 bridgehead atoms. The molecule has 2 heterocycles. The highest BCUT2D eigenvalue weighted by molar-refractivity contribution is 4.79. The van der Waals surface area contributed by atoms with Crippen LogP contribution in [0.4, 0.5) is 0 Å². The second-order valence-corrected chi connectivity index (χ2v) is 4.40. The Morgan fingerprint density at radius 2 is 2.25 bits per heavy atom. The van der Waals surface area contributed by atoms with E-state index < -0.39 is 0 Å². The van der Waals surface area contributed by atoms with Crippen LogP contribution in [0.2, 0.25) is 0 Å². The summed E-state index contributed by atoms with van der Waals surface area (Å²) in [6.07, 6.45) is 4.00. The van der Waals surface area contributed by atoms with Crippen LogP contribution in [-0.2, 0) is 11.3 Å². The Bertz CT molecular complexity index is 321. The molecule has 0 N–H and O–H groups in total. The molecule has 1 aromatic rings. The molecule has 0 saturated carbocycles. The van der Waals surface area contributed by atoms with Crippen LogP contribution in [0.3, 0.4) is 0 Å². The fraction of sp³-hybridized carbons (Fsp3) is 0.818. The lowest BCUT2D eigenvalue weighted by molar-refractivity contribution is -0.00363. The van der Waals surface area contributed by atoms with Gasteiger partial charge in [-0.15, -0.1) is 10.2 Å². The number of nitrogens with zero attached hydrogens (tertiary/aromatic N) is 3. The van der Waals surface area contributed by atoms with Crippen LogP contribution >= 0.6 is 0 Å². The standard InChI is InChI=1S/C11H19N3O2/c1-9-12-13-11(16-9)8-14(2)7-10-5-3-4-6-15-10/h10H,3-8H2,1-2H3. The molecular weight excluding hydrogens is 206 g/mol. The minimum Gasteiger partial charge on any atom is -0.424 e. The fourth-order valence-corrected chi connectivity index (χ4v) is 2.00. The van der Waals surface area contributed by atoms with E-state index in [1.165, 1.54) is 12.8 Å². The monoisotopic (exact) mass is 225 g/mol. The van der Waals surface area contributed by atoms with Gasteiger partial charge in [-0.2, -0.15) is 0 Å². The molecule has 1 saturated heterocycles. The molecule has 1 aromatic heterocycles. The third kappa shape index (κ3) is 3.28. The number of ether oxygens (including phenoxy) is 1. The quantitative estimate of drug-likeness (QED) is 0.774. The number of hydrogen-bond donors (Lipinski definition) is 0. The van der Waals surface area contributed by atoms with E-state index in [0.29, 0.717) is 24.4 Å². The predicted molar refractivity (Wildman–Crippen MR) is 59.0 cm³/mol. The van der Waals surface area contributed by atoms with Gasteiger partial charge in [-0.1, -0.05) is 0 Å². The van der Waals surface area contributed by atoms with E-state index in [2.05, 4.69) is 22.1 Å². The van der Waals surface area contributed by atoms with Gasteiger partial charge >= 0.3 is 0 Å². The van der Waals surface area contributed by atoms with Gasteiger partial charge in [-0.25, -0.2) is 0 Å². The number of rotatable bonds is 4. The number of hydrogen-bond acceptors (Lipinski definition) is 5. The van der Waals surface area contributed by atoms with Crippen molar-refractivity contribution in [2.24, 2.45) is 0 Å². The minimum absolute atomic E-state index is 0.364. The lowest BCUT2D eigenvalue weighted by Crippen LogP contribution is -2.33. The van der Waals surface area contributed by atoms with Crippen molar-refractivity contribution in [2.45, 2.75) is 38.8 Å². The van der Waals surface area contributed by atoms with Crippen LogP contribution in [0.1, 0.15) is 31.0 Å². The zero-order valence-corrected chi connectivity index (χ0v) is 9.98. The van der Waals surface area contributed by atoms with Crippen molar-refractivity contribution in [1.29, 1.82) is 0 Å². The van der Waals surface area contributed by atoms with Crippen LogP contribution in [0.15, 0.2) is 4.42 Å². The second kappa shape index (κ2) is 5.41. The highest BCUT2D eigenvalue weighted by Gasteiger charge is 2.16. The van der Waals surface area contributed by atoms with Gasteiger partial charge in [0.1, 0.15) is 0 Å². The summed E-state index contributed by atoms with van der Waals surface area (Å²) in [7, 11) is 2.05. The number of aromatic nitrogens is 2. The smallest absolute Gasteiger partial charge is 0.230 e. The molecule has 90 valence electrons. The SMILES string of the molecule is Cc1nnc(CN(C)CC2CCCCO2)o1. The summed E-state index contributed by atoms with van der Waals surface area (Å²) < 4.78 is 11.0. The molecule has 1 aliphatic heterocycles. The van der Waals surface area contributed by atoms with Gasteiger partial charge in [0.15, 0.2) is 0 Å². The zero-order valence-electron chi connectivity index (χ0n) is 9.98. The maximum absolute atomic E-state index is 5.68. The van der Waals surface area contributed by atoms with Crippen molar-refractivity contribution in [2.75, 3.05) is 20.2 Å². The van der Waals surface area contributed by atoms with Crippen molar-refractivity contribution in [3.8, 4) is 0 Å². The van der Waals surface area contributed by atoms with E-state index in [1.54, 1.807) is 6.92 Å². The molecule has 0 aliphatic carbocycles. The highest BCUT2D eigenvalue weighted by atomic mass is 16.5. The molecule has 0 aromatic carbocycles. The Balaban J connectivity index is 1.77. The summed E-state index contributed by atoms with van der Waals surface area (Å²) in [4.78, 5) is 2.17. The van der Waals surface area contributed by atoms with E-state index in [4.69, 9.17) is 9.15 Å². The van der Waals surface area contributed by atoms with Crippen molar-refractivity contribution in [1.82, 2.24) is 15.1 Å². The lowest BCUT2D eigenvalue weighted by Gasteiger charge is -2.26. The van der Waals surface area contributed by atoms with Gasteiger partial charge < -0.3 is 9.15 Å². The highest BCUT2D eigenvalue weighted by Crippen LogP contribution is 2.14. The molecular formula is C11H19N3O2. The molecule has 1 fully saturated rings. The average molecular weight is 225 g/mol. The molecule has 1 unspecified atom stereocenters. The Labute approximate surface area is 95.8 Å². The largest absolute Gasteiger partial charge is 0.424 e. The van der Waals surface area contributed by atoms with E-state index in [9.17, 15) is 0 Å². The number of likely N-dealkylation sites (N-methyl/N-ethyl adjacent to an activating group) is 1. The maximum atomic E-state index is 5.68. The van der Waals surface area contributed by atoms with Gasteiger partial charge in [0.05, 0.1) is 12.6 Å². The van der Waals surface area contributed by atoms with Crippen molar-refractivity contribution in [3.63, 3.8) is 0 Å². The molecule has 1 atom stereocenters. The zero-order chi connectivity index (χ0) is 11.4. The molecule has 0 amide bonds.